The Labute approximate surface area is 125 Å². The average molecular weight is 363 g/mol. The second kappa shape index (κ2) is 6.19. The summed E-state index contributed by atoms with van der Waals surface area (Å²) in [5.74, 6) is -1.62. The Morgan fingerprint density at radius 3 is 2.70 bits per heavy atom. The highest BCUT2D eigenvalue weighted by atomic mass is 79.9. The predicted molar refractivity (Wildman–Crippen MR) is 75.6 cm³/mol. The number of carbonyl (C=O) groups is 1. The second-order valence-electron chi connectivity index (χ2n) is 4.80. The van der Waals surface area contributed by atoms with Crippen LogP contribution in [0.3, 0.4) is 0 Å². The number of aliphatic carboxylic acids is 1. The molecule has 8 heteroatoms. The molecular weight excluding hydrogens is 348 g/mol. The SMILES string of the molecule is O=C(O)C1CCCCC1NS(=O)(=O)c1cncc(Br)c1. The highest BCUT2D eigenvalue weighted by molar-refractivity contribution is 9.10. The smallest absolute Gasteiger partial charge is 0.308 e. The van der Waals surface area contributed by atoms with Crippen molar-refractivity contribution in [2.75, 3.05) is 0 Å². The van der Waals surface area contributed by atoms with E-state index in [9.17, 15) is 13.2 Å². The third-order valence-electron chi connectivity index (χ3n) is 3.38. The zero-order valence-corrected chi connectivity index (χ0v) is 13.0. The molecule has 1 aliphatic rings. The minimum absolute atomic E-state index is 0.0292. The number of hydrogen-bond donors (Lipinski definition) is 2. The molecule has 20 heavy (non-hydrogen) atoms. The number of sulfonamides is 1. The number of carboxylic acids is 1. The van der Waals surface area contributed by atoms with E-state index < -0.39 is 28.0 Å². The Balaban J connectivity index is 2.20. The standard InChI is InChI=1S/C12H15BrN2O4S/c13-8-5-9(7-14-6-8)20(18,19)15-11-4-2-1-3-10(11)12(16)17/h5-7,10-11,15H,1-4H2,(H,16,17). The summed E-state index contributed by atoms with van der Waals surface area (Å²) in [5, 5.41) is 9.17. The van der Waals surface area contributed by atoms with Crippen LogP contribution in [0.2, 0.25) is 0 Å². The summed E-state index contributed by atoms with van der Waals surface area (Å²) in [7, 11) is -3.75. The fourth-order valence-electron chi connectivity index (χ4n) is 2.37. The lowest BCUT2D eigenvalue weighted by atomic mass is 9.85. The van der Waals surface area contributed by atoms with Gasteiger partial charge in [-0.3, -0.25) is 9.78 Å². The average Bonchev–Trinajstić information content (AvgIpc) is 2.38. The van der Waals surface area contributed by atoms with Crippen LogP contribution < -0.4 is 4.72 Å². The summed E-state index contributed by atoms with van der Waals surface area (Å²) in [4.78, 5) is 15.0. The number of nitrogens with one attached hydrogen (secondary N) is 1. The van der Waals surface area contributed by atoms with Crippen LogP contribution in [-0.2, 0) is 14.8 Å². The summed E-state index contributed by atoms with van der Waals surface area (Å²) < 4.78 is 27.6. The van der Waals surface area contributed by atoms with Crippen molar-refractivity contribution in [3.8, 4) is 0 Å². The molecule has 0 bridgehead atoms. The lowest BCUT2D eigenvalue weighted by Crippen LogP contribution is -2.45. The van der Waals surface area contributed by atoms with E-state index in [2.05, 4.69) is 25.6 Å². The fourth-order valence-corrected chi connectivity index (χ4v) is 4.19. The van der Waals surface area contributed by atoms with Crippen LogP contribution in [0.15, 0.2) is 27.8 Å². The van der Waals surface area contributed by atoms with Crippen LogP contribution in [-0.4, -0.2) is 30.5 Å². The van der Waals surface area contributed by atoms with E-state index in [1.165, 1.54) is 18.5 Å². The third-order valence-corrected chi connectivity index (χ3v) is 5.27. The van der Waals surface area contributed by atoms with Crippen molar-refractivity contribution in [2.45, 2.75) is 36.6 Å². The Bertz CT molecular complexity index is 605. The van der Waals surface area contributed by atoms with Gasteiger partial charge in [0.05, 0.1) is 5.92 Å². The van der Waals surface area contributed by atoms with E-state index in [-0.39, 0.29) is 4.90 Å². The van der Waals surface area contributed by atoms with Crippen LogP contribution in [0.25, 0.3) is 0 Å². The molecule has 2 N–H and O–H groups in total. The van der Waals surface area contributed by atoms with Crippen LogP contribution in [0.1, 0.15) is 25.7 Å². The summed E-state index contributed by atoms with van der Waals surface area (Å²) in [6.45, 7) is 0. The molecule has 0 radical (unpaired) electrons. The number of nitrogens with zero attached hydrogens (tertiary/aromatic N) is 1. The van der Waals surface area contributed by atoms with Gasteiger partial charge in [0.1, 0.15) is 4.90 Å². The van der Waals surface area contributed by atoms with Gasteiger partial charge in [0.25, 0.3) is 0 Å². The number of aromatic nitrogens is 1. The molecule has 6 nitrogen and oxygen atoms in total. The summed E-state index contributed by atoms with van der Waals surface area (Å²) in [6.07, 6.45) is 5.41. The molecule has 0 aromatic carbocycles. The maximum Gasteiger partial charge on any atom is 0.308 e. The van der Waals surface area contributed by atoms with E-state index in [1.807, 2.05) is 0 Å². The Hall–Kier alpha value is -0.990. The van der Waals surface area contributed by atoms with Gasteiger partial charge in [0.2, 0.25) is 10.0 Å². The molecule has 2 atom stereocenters. The maximum absolute atomic E-state index is 12.3. The molecule has 1 fully saturated rings. The minimum atomic E-state index is -3.75. The summed E-state index contributed by atoms with van der Waals surface area (Å²) in [5.41, 5.74) is 0. The first kappa shape index (κ1) is 15.4. The zero-order chi connectivity index (χ0) is 14.8. The van der Waals surface area contributed by atoms with E-state index >= 15 is 0 Å². The van der Waals surface area contributed by atoms with E-state index in [1.54, 1.807) is 0 Å². The second-order valence-corrected chi connectivity index (χ2v) is 7.43. The van der Waals surface area contributed by atoms with Crippen molar-refractivity contribution in [2.24, 2.45) is 5.92 Å². The Kier molecular flexibility index (Phi) is 4.77. The van der Waals surface area contributed by atoms with Crippen molar-refractivity contribution < 1.29 is 18.3 Å². The highest BCUT2D eigenvalue weighted by Crippen LogP contribution is 2.26. The molecule has 0 saturated heterocycles. The normalized spacial score (nSPS) is 23.4. The van der Waals surface area contributed by atoms with Gasteiger partial charge in [-0.1, -0.05) is 12.8 Å². The molecule has 1 saturated carbocycles. The largest absolute Gasteiger partial charge is 0.481 e. The van der Waals surface area contributed by atoms with Gasteiger partial charge in [-0.15, -0.1) is 0 Å². The number of carboxylic acid groups (broad SMARTS) is 1. The van der Waals surface area contributed by atoms with Crippen LogP contribution in [0, 0.1) is 5.92 Å². The van der Waals surface area contributed by atoms with Gasteiger partial charge in [-0.05, 0) is 34.8 Å². The van der Waals surface area contributed by atoms with Gasteiger partial charge in [-0.25, -0.2) is 13.1 Å². The molecule has 2 unspecified atom stereocenters. The van der Waals surface area contributed by atoms with E-state index in [0.29, 0.717) is 17.3 Å². The first-order valence-electron chi connectivity index (χ1n) is 6.26. The van der Waals surface area contributed by atoms with Gasteiger partial charge < -0.3 is 5.11 Å². The molecule has 1 heterocycles. The molecular formula is C12H15BrN2O4S. The number of rotatable bonds is 4. The number of pyridine rings is 1. The van der Waals surface area contributed by atoms with Crippen molar-refractivity contribution in [3.63, 3.8) is 0 Å². The van der Waals surface area contributed by atoms with Crippen molar-refractivity contribution in [1.29, 1.82) is 0 Å². The minimum Gasteiger partial charge on any atom is -0.481 e. The van der Waals surface area contributed by atoms with E-state index in [4.69, 9.17) is 5.11 Å². The van der Waals surface area contributed by atoms with Crippen LogP contribution in [0.4, 0.5) is 0 Å². The number of halogens is 1. The predicted octanol–water partition coefficient (Wildman–Crippen LogP) is 1.77. The summed E-state index contributed by atoms with van der Waals surface area (Å²) in [6, 6.07) is 0.874. The van der Waals surface area contributed by atoms with Gasteiger partial charge >= 0.3 is 5.97 Å². The molecule has 2 rings (SSSR count). The van der Waals surface area contributed by atoms with Gasteiger partial charge in [0.15, 0.2) is 0 Å². The molecule has 1 aromatic rings. The summed E-state index contributed by atoms with van der Waals surface area (Å²) >= 11 is 3.17. The quantitative estimate of drug-likeness (QED) is 0.850. The van der Waals surface area contributed by atoms with Crippen molar-refractivity contribution in [1.82, 2.24) is 9.71 Å². The molecule has 0 amide bonds. The van der Waals surface area contributed by atoms with Crippen molar-refractivity contribution in [3.05, 3.63) is 22.9 Å². The van der Waals surface area contributed by atoms with Gasteiger partial charge in [-0.2, -0.15) is 0 Å². The maximum atomic E-state index is 12.3. The third kappa shape index (κ3) is 3.56. The lowest BCUT2D eigenvalue weighted by Gasteiger charge is -2.28. The molecule has 0 aliphatic heterocycles. The zero-order valence-electron chi connectivity index (χ0n) is 10.6. The molecule has 1 aliphatic carbocycles. The lowest BCUT2D eigenvalue weighted by molar-refractivity contribution is -0.143. The number of hydrogen-bond acceptors (Lipinski definition) is 4. The van der Waals surface area contributed by atoms with E-state index in [0.717, 1.165) is 12.8 Å². The monoisotopic (exact) mass is 362 g/mol. The van der Waals surface area contributed by atoms with Crippen LogP contribution in [0.5, 0.6) is 0 Å². The van der Waals surface area contributed by atoms with Gasteiger partial charge in [0, 0.05) is 22.9 Å². The molecule has 0 spiro atoms. The molecule has 110 valence electrons. The Morgan fingerprint density at radius 2 is 2.05 bits per heavy atom. The topological polar surface area (TPSA) is 96.4 Å². The van der Waals surface area contributed by atoms with Crippen molar-refractivity contribution >= 4 is 31.9 Å². The first-order valence-corrected chi connectivity index (χ1v) is 8.53. The highest BCUT2D eigenvalue weighted by Gasteiger charge is 2.34. The Morgan fingerprint density at radius 1 is 1.35 bits per heavy atom. The van der Waals surface area contributed by atoms with Crippen LogP contribution >= 0.6 is 15.9 Å². The fraction of sp³-hybridized carbons (Fsp3) is 0.500. The first-order chi connectivity index (χ1) is 9.40. The molecule has 1 aromatic heterocycles.